The fourth-order valence-corrected chi connectivity index (χ4v) is 3.32. The Bertz CT molecular complexity index is 566. The van der Waals surface area contributed by atoms with Gasteiger partial charge in [-0.25, -0.2) is 13.1 Å². The molecule has 0 aliphatic rings. The molecule has 20 heavy (non-hydrogen) atoms. The smallest absolute Gasteiger partial charge is 0.395 e. The predicted molar refractivity (Wildman–Crippen MR) is 67.7 cm³/mol. The van der Waals surface area contributed by atoms with E-state index in [-0.39, 0.29) is 5.56 Å². The number of benzene rings is 1. The topological polar surface area (TPSA) is 66.4 Å². The molecular weight excluding hydrogens is 295 g/mol. The van der Waals surface area contributed by atoms with Crippen molar-refractivity contribution in [2.45, 2.75) is 37.4 Å². The summed E-state index contributed by atoms with van der Waals surface area (Å²) < 4.78 is 64.6. The molecule has 1 aromatic carbocycles. The minimum absolute atomic E-state index is 0.327. The Balaban J connectivity index is 3.27. The van der Waals surface area contributed by atoms with E-state index < -0.39 is 39.3 Å². The average molecular weight is 311 g/mol. The molecule has 0 saturated carbocycles. The summed E-state index contributed by atoms with van der Waals surface area (Å²) in [6, 6.07) is 2.26. The van der Waals surface area contributed by atoms with E-state index in [2.05, 4.69) is 4.72 Å². The van der Waals surface area contributed by atoms with E-state index in [1.54, 1.807) is 6.92 Å². The summed E-state index contributed by atoms with van der Waals surface area (Å²) in [5, 5.41) is 8.98. The molecule has 1 atom stereocenters. The highest BCUT2D eigenvalue weighted by Crippen LogP contribution is 2.34. The molecule has 8 heteroatoms. The van der Waals surface area contributed by atoms with Gasteiger partial charge in [0.05, 0.1) is 17.1 Å². The van der Waals surface area contributed by atoms with Gasteiger partial charge in [-0.1, -0.05) is 13.0 Å². The summed E-state index contributed by atoms with van der Waals surface area (Å²) in [4.78, 5) is -0.431. The van der Waals surface area contributed by atoms with Crippen LogP contribution in [0.1, 0.15) is 24.5 Å². The Morgan fingerprint density at radius 3 is 2.40 bits per heavy atom. The minimum Gasteiger partial charge on any atom is -0.395 e. The van der Waals surface area contributed by atoms with Crippen LogP contribution in [0.3, 0.4) is 0 Å². The molecule has 0 fully saturated rings. The van der Waals surface area contributed by atoms with Crippen LogP contribution in [0.5, 0.6) is 0 Å². The Morgan fingerprint density at radius 2 is 1.95 bits per heavy atom. The SMILES string of the molecule is CCC(CO)NS(=O)(=O)c1cccc(C(F)(F)F)c1C. The zero-order valence-corrected chi connectivity index (χ0v) is 11.8. The summed E-state index contributed by atoms with van der Waals surface area (Å²) in [6.07, 6.45) is -4.29. The van der Waals surface area contributed by atoms with E-state index in [4.69, 9.17) is 5.11 Å². The van der Waals surface area contributed by atoms with Crippen molar-refractivity contribution in [1.82, 2.24) is 4.72 Å². The van der Waals surface area contributed by atoms with Crippen LogP contribution in [0.25, 0.3) is 0 Å². The number of hydrogen-bond donors (Lipinski definition) is 2. The number of aliphatic hydroxyl groups excluding tert-OH is 1. The second-order valence-electron chi connectivity index (χ2n) is 4.34. The Labute approximate surface area is 115 Å². The Hall–Kier alpha value is -1.12. The Kier molecular flexibility index (Phi) is 5.17. The van der Waals surface area contributed by atoms with Gasteiger partial charge in [0.25, 0.3) is 0 Å². The van der Waals surface area contributed by atoms with Gasteiger partial charge in [0.1, 0.15) is 0 Å². The number of hydrogen-bond acceptors (Lipinski definition) is 3. The summed E-state index contributed by atoms with van der Waals surface area (Å²) in [6.45, 7) is 2.34. The van der Waals surface area contributed by atoms with Gasteiger partial charge in [-0.05, 0) is 31.0 Å². The molecule has 1 rings (SSSR count). The molecule has 114 valence electrons. The van der Waals surface area contributed by atoms with Crippen LogP contribution >= 0.6 is 0 Å². The maximum Gasteiger partial charge on any atom is 0.416 e. The van der Waals surface area contributed by atoms with E-state index in [0.29, 0.717) is 6.42 Å². The first-order valence-electron chi connectivity index (χ1n) is 5.93. The van der Waals surface area contributed by atoms with Crippen molar-refractivity contribution in [2.75, 3.05) is 6.61 Å². The predicted octanol–water partition coefficient (Wildman–Crippen LogP) is 2.06. The van der Waals surface area contributed by atoms with Gasteiger partial charge in [-0.3, -0.25) is 0 Å². The number of alkyl halides is 3. The van der Waals surface area contributed by atoms with Crippen LogP contribution < -0.4 is 4.72 Å². The molecule has 0 spiro atoms. The van der Waals surface area contributed by atoms with Crippen molar-refractivity contribution in [1.29, 1.82) is 0 Å². The summed E-state index contributed by atoms with van der Waals surface area (Å²) in [7, 11) is -4.11. The number of aliphatic hydroxyl groups is 1. The zero-order chi connectivity index (χ0) is 15.6. The first-order chi connectivity index (χ1) is 9.13. The molecule has 1 aromatic rings. The summed E-state index contributed by atoms with van der Waals surface area (Å²) >= 11 is 0. The number of nitrogens with one attached hydrogen (secondary N) is 1. The lowest BCUT2D eigenvalue weighted by Gasteiger charge is -2.17. The molecule has 0 heterocycles. The van der Waals surface area contributed by atoms with Crippen LogP contribution in [0.15, 0.2) is 23.1 Å². The lowest BCUT2D eigenvalue weighted by atomic mass is 10.1. The number of sulfonamides is 1. The largest absolute Gasteiger partial charge is 0.416 e. The molecule has 0 amide bonds. The van der Waals surface area contributed by atoms with E-state index in [9.17, 15) is 21.6 Å². The van der Waals surface area contributed by atoms with Crippen LogP contribution in [0, 0.1) is 6.92 Å². The van der Waals surface area contributed by atoms with Crippen LogP contribution in [-0.2, 0) is 16.2 Å². The van der Waals surface area contributed by atoms with Crippen molar-refractivity contribution in [3.05, 3.63) is 29.3 Å². The van der Waals surface area contributed by atoms with Crippen molar-refractivity contribution in [3.8, 4) is 0 Å². The third kappa shape index (κ3) is 3.71. The third-order valence-corrected chi connectivity index (χ3v) is 4.58. The number of halogens is 3. The molecule has 4 nitrogen and oxygen atoms in total. The van der Waals surface area contributed by atoms with E-state index in [1.807, 2.05) is 0 Å². The molecular formula is C12H16F3NO3S. The highest BCUT2D eigenvalue weighted by molar-refractivity contribution is 7.89. The van der Waals surface area contributed by atoms with Gasteiger partial charge < -0.3 is 5.11 Å². The second kappa shape index (κ2) is 6.11. The second-order valence-corrected chi connectivity index (χ2v) is 6.02. The van der Waals surface area contributed by atoms with Gasteiger partial charge >= 0.3 is 6.18 Å². The number of rotatable bonds is 5. The van der Waals surface area contributed by atoms with Gasteiger partial charge in [-0.15, -0.1) is 0 Å². The first-order valence-corrected chi connectivity index (χ1v) is 7.41. The lowest BCUT2D eigenvalue weighted by molar-refractivity contribution is -0.138. The lowest BCUT2D eigenvalue weighted by Crippen LogP contribution is -2.37. The van der Waals surface area contributed by atoms with Gasteiger partial charge in [0, 0.05) is 6.04 Å². The first kappa shape index (κ1) is 16.9. The van der Waals surface area contributed by atoms with E-state index in [0.717, 1.165) is 25.1 Å². The normalized spacial score (nSPS) is 14.3. The van der Waals surface area contributed by atoms with Gasteiger partial charge in [0.15, 0.2) is 0 Å². The van der Waals surface area contributed by atoms with Crippen LogP contribution in [0.2, 0.25) is 0 Å². The van der Waals surface area contributed by atoms with Crippen LogP contribution in [-0.4, -0.2) is 26.2 Å². The zero-order valence-electron chi connectivity index (χ0n) is 11.0. The summed E-state index contributed by atoms with van der Waals surface area (Å²) in [5.74, 6) is 0. The molecule has 0 bridgehead atoms. The monoisotopic (exact) mass is 311 g/mol. The quantitative estimate of drug-likeness (QED) is 0.875. The maximum atomic E-state index is 12.8. The Morgan fingerprint density at radius 1 is 1.35 bits per heavy atom. The molecule has 0 saturated heterocycles. The molecule has 1 unspecified atom stereocenters. The van der Waals surface area contributed by atoms with Gasteiger partial charge in [0.2, 0.25) is 10.0 Å². The average Bonchev–Trinajstić information content (AvgIpc) is 2.34. The van der Waals surface area contributed by atoms with Crippen molar-refractivity contribution in [3.63, 3.8) is 0 Å². The van der Waals surface area contributed by atoms with E-state index in [1.165, 1.54) is 0 Å². The third-order valence-electron chi connectivity index (χ3n) is 2.91. The van der Waals surface area contributed by atoms with Crippen LogP contribution in [0.4, 0.5) is 13.2 Å². The fourth-order valence-electron chi connectivity index (χ4n) is 1.75. The fraction of sp³-hybridized carbons (Fsp3) is 0.500. The van der Waals surface area contributed by atoms with Gasteiger partial charge in [-0.2, -0.15) is 13.2 Å². The summed E-state index contributed by atoms with van der Waals surface area (Å²) in [5.41, 5.74) is -1.35. The molecule has 0 aliphatic heterocycles. The molecule has 0 aromatic heterocycles. The highest BCUT2D eigenvalue weighted by atomic mass is 32.2. The maximum absolute atomic E-state index is 12.8. The molecule has 2 N–H and O–H groups in total. The minimum atomic E-state index is -4.61. The van der Waals surface area contributed by atoms with Crippen molar-refractivity contribution < 1.29 is 26.7 Å². The standard InChI is InChI=1S/C12H16F3NO3S/c1-3-9(7-17)16-20(18,19)11-6-4-5-10(8(11)2)12(13,14)15/h4-6,9,16-17H,3,7H2,1-2H3. The molecule has 0 aliphatic carbocycles. The van der Waals surface area contributed by atoms with E-state index >= 15 is 0 Å². The highest BCUT2D eigenvalue weighted by Gasteiger charge is 2.34. The molecule has 0 radical (unpaired) electrons. The van der Waals surface area contributed by atoms with Crippen molar-refractivity contribution in [2.24, 2.45) is 0 Å². The van der Waals surface area contributed by atoms with Crippen molar-refractivity contribution >= 4 is 10.0 Å².